The van der Waals surface area contributed by atoms with Gasteiger partial charge in [0.25, 0.3) is 5.91 Å². The Kier molecular flexibility index (Phi) is 4.76. The fourth-order valence-corrected chi connectivity index (χ4v) is 2.51. The summed E-state index contributed by atoms with van der Waals surface area (Å²) < 4.78 is 0. The molecular formula is C14H22N4O2. The molecule has 2 N–H and O–H groups in total. The standard InChI is InChI=1S/C14H22N4O2/c1-3-5-11-8-12(17-16-11)14(20)18-7-6-10(9-18)13(19)15-4-2/h8,10H,3-7,9H2,1-2H3,(H,15,19)(H,16,17). The van der Waals surface area contributed by atoms with Crippen LogP contribution in [-0.4, -0.2) is 46.5 Å². The Hall–Kier alpha value is -1.85. The third kappa shape index (κ3) is 3.18. The number of carbonyl (C=O) groups excluding carboxylic acids is 2. The minimum Gasteiger partial charge on any atom is -0.356 e. The highest BCUT2D eigenvalue weighted by Crippen LogP contribution is 2.18. The van der Waals surface area contributed by atoms with E-state index in [0.29, 0.717) is 25.3 Å². The quantitative estimate of drug-likeness (QED) is 0.842. The van der Waals surface area contributed by atoms with Gasteiger partial charge in [0.05, 0.1) is 5.92 Å². The number of nitrogens with one attached hydrogen (secondary N) is 2. The van der Waals surface area contributed by atoms with E-state index in [0.717, 1.165) is 25.0 Å². The van der Waals surface area contributed by atoms with Crippen LogP contribution in [0.1, 0.15) is 42.9 Å². The zero-order chi connectivity index (χ0) is 14.5. The van der Waals surface area contributed by atoms with Crippen molar-refractivity contribution in [3.63, 3.8) is 0 Å². The molecule has 2 heterocycles. The number of aromatic amines is 1. The number of aromatic nitrogens is 2. The number of rotatable bonds is 5. The van der Waals surface area contributed by atoms with Crippen LogP contribution in [0.4, 0.5) is 0 Å². The van der Waals surface area contributed by atoms with Crippen molar-refractivity contribution < 1.29 is 9.59 Å². The predicted molar refractivity (Wildman–Crippen MR) is 75.3 cm³/mol. The summed E-state index contributed by atoms with van der Waals surface area (Å²) in [5, 5.41) is 9.77. The number of hydrogen-bond donors (Lipinski definition) is 2. The van der Waals surface area contributed by atoms with Gasteiger partial charge in [0.15, 0.2) is 0 Å². The monoisotopic (exact) mass is 278 g/mol. The molecule has 1 aromatic heterocycles. The van der Waals surface area contributed by atoms with E-state index in [1.54, 1.807) is 4.90 Å². The molecule has 20 heavy (non-hydrogen) atoms. The Morgan fingerprint density at radius 2 is 2.30 bits per heavy atom. The van der Waals surface area contributed by atoms with Crippen molar-refractivity contribution in [1.29, 1.82) is 0 Å². The SMILES string of the molecule is CCCc1cc(C(=O)N2CCC(C(=O)NCC)C2)n[nH]1. The number of nitrogens with zero attached hydrogens (tertiary/aromatic N) is 2. The van der Waals surface area contributed by atoms with Crippen molar-refractivity contribution in [3.05, 3.63) is 17.5 Å². The number of likely N-dealkylation sites (tertiary alicyclic amines) is 1. The van der Waals surface area contributed by atoms with Crippen LogP contribution in [0.5, 0.6) is 0 Å². The van der Waals surface area contributed by atoms with Gasteiger partial charge in [0, 0.05) is 25.3 Å². The molecule has 0 bridgehead atoms. The van der Waals surface area contributed by atoms with E-state index in [-0.39, 0.29) is 17.7 Å². The van der Waals surface area contributed by atoms with Gasteiger partial charge in [-0.25, -0.2) is 0 Å². The number of H-pyrrole nitrogens is 1. The minimum absolute atomic E-state index is 0.0384. The normalized spacial score (nSPS) is 18.3. The minimum atomic E-state index is -0.0899. The fraction of sp³-hybridized carbons (Fsp3) is 0.643. The summed E-state index contributed by atoms with van der Waals surface area (Å²) in [6, 6.07) is 1.81. The second-order valence-corrected chi connectivity index (χ2v) is 5.16. The third-order valence-corrected chi connectivity index (χ3v) is 3.57. The molecule has 1 saturated heterocycles. The molecule has 1 fully saturated rings. The van der Waals surface area contributed by atoms with E-state index < -0.39 is 0 Å². The molecule has 1 aliphatic rings. The Bertz CT molecular complexity index is 483. The Labute approximate surface area is 118 Å². The van der Waals surface area contributed by atoms with E-state index in [1.165, 1.54) is 0 Å². The van der Waals surface area contributed by atoms with Crippen molar-refractivity contribution in [2.45, 2.75) is 33.1 Å². The van der Waals surface area contributed by atoms with Gasteiger partial charge in [-0.1, -0.05) is 13.3 Å². The van der Waals surface area contributed by atoms with Gasteiger partial charge in [-0.2, -0.15) is 5.10 Å². The third-order valence-electron chi connectivity index (χ3n) is 3.57. The van der Waals surface area contributed by atoms with Gasteiger partial charge in [-0.3, -0.25) is 14.7 Å². The molecule has 1 unspecified atom stereocenters. The van der Waals surface area contributed by atoms with Gasteiger partial charge in [0.2, 0.25) is 5.91 Å². The molecule has 110 valence electrons. The molecule has 2 amide bonds. The van der Waals surface area contributed by atoms with Gasteiger partial charge in [0.1, 0.15) is 5.69 Å². The second-order valence-electron chi connectivity index (χ2n) is 5.16. The van der Waals surface area contributed by atoms with Crippen LogP contribution < -0.4 is 5.32 Å². The van der Waals surface area contributed by atoms with Crippen molar-refractivity contribution in [3.8, 4) is 0 Å². The molecule has 1 atom stereocenters. The summed E-state index contributed by atoms with van der Waals surface area (Å²) in [4.78, 5) is 25.8. The lowest BCUT2D eigenvalue weighted by molar-refractivity contribution is -0.124. The van der Waals surface area contributed by atoms with E-state index in [4.69, 9.17) is 0 Å². The molecule has 1 aliphatic heterocycles. The maximum absolute atomic E-state index is 12.3. The largest absolute Gasteiger partial charge is 0.356 e. The summed E-state index contributed by atoms with van der Waals surface area (Å²) in [6.45, 7) is 5.72. The van der Waals surface area contributed by atoms with Gasteiger partial charge >= 0.3 is 0 Å². The summed E-state index contributed by atoms with van der Waals surface area (Å²) in [6.07, 6.45) is 2.63. The molecule has 2 rings (SSSR count). The Balaban J connectivity index is 1.95. The average Bonchev–Trinajstić information content (AvgIpc) is 3.07. The van der Waals surface area contributed by atoms with Crippen molar-refractivity contribution in [2.24, 2.45) is 5.92 Å². The first-order valence-corrected chi connectivity index (χ1v) is 7.27. The molecule has 0 aromatic carbocycles. The molecule has 0 spiro atoms. The predicted octanol–water partition coefficient (Wildman–Crippen LogP) is 0.960. The Morgan fingerprint density at radius 3 is 3.00 bits per heavy atom. The van der Waals surface area contributed by atoms with Crippen LogP contribution in [0, 0.1) is 5.92 Å². The number of hydrogen-bond acceptors (Lipinski definition) is 3. The second kappa shape index (κ2) is 6.54. The molecule has 0 aliphatic carbocycles. The highest BCUT2D eigenvalue weighted by atomic mass is 16.2. The molecule has 6 nitrogen and oxygen atoms in total. The van der Waals surface area contributed by atoms with E-state index in [9.17, 15) is 9.59 Å². The van der Waals surface area contributed by atoms with Crippen LogP contribution in [-0.2, 0) is 11.2 Å². The number of amides is 2. The van der Waals surface area contributed by atoms with Gasteiger partial charge in [-0.05, 0) is 25.8 Å². The van der Waals surface area contributed by atoms with E-state index >= 15 is 0 Å². The highest BCUT2D eigenvalue weighted by Gasteiger charge is 2.31. The highest BCUT2D eigenvalue weighted by molar-refractivity contribution is 5.93. The first kappa shape index (κ1) is 14.6. The number of aryl methyl sites for hydroxylation is 1. The summed E-state index contributed by atoms with van der Waals surface area (Å²) in [5.41, 5.74) is 1.43. The lowest BCUT2D eigenvalue weighted by atomic mass is 10.1. The first-order chi connectivity index (χ1) is 9.65. The van der Waals surface area contributed by atoms with E-state index in [1.807, 2.05) is 13.0 Å². The van der Waals surface area contributed by atoms with E-state index in [2.05, 4.69) is 22.4 Å². The first-order valence-electron chi connectivity index (χ1n) is 7.27. The van der Waals surface area contributed by atoms with Crippen molar-refractivity contribution >= 4 is 11.8 Å². The topological polar surface area (TPSA) is 78.1 Å². The maximum Gasteiger partial charge on any atom is 0.274 e. The number of carbonyl (C=O) groups is 2. The maximum atomic E-state index is 12.3. The van der Waals surface area contributed by atoms with Crippen molar-refractivity contribution in [1.82, 2.24) is 20.4 Å². The van der Waals surface area contributed by atoms with Gasteiger partial charge in [-0.15, -0.1) is 0 Å². The zero-order valence-corrected chi connectivity index (χ0v) is 12.1. The van der Waals surface area contributed by atoms with Crippen LogP contribution in [0.3, 0.4) is 0 Å². The summed E-state index contributed by atoms with van der Waals surface area (Å²) in [7, 11) is 0. The smallest absolute Gasteiger partial charge is 0.274 e. The van der Waals surface area contributed by atoms with Crippen LogP contribution in [0.15, 0.2) is 6.07 Å². The lowest BCUT2D eigenvalue weighted by Gasteiger charge is -2.14. The fourth-order valence-electron chi connectivity index (χ4n) is 2.51. The Morgan fingerprint density at radius 1 is 1.50 bits per heavy atom. The average molecular weight is 278 g/mol. The van der Waals surface area contributed by atoms with Crippen LogP contribution >= 0.6 is 0 Å². The zero-order valence-electron chi connectivity index (χ0n) is 12.1. The summed E-state index contributed by atoms with van der Waals surface area (Å²) >= 11 is 0. The van der Waals surface area contributed by atoms with Crippen LogP contribution in [0.2, 0.25) is 0 Å². The molecule has 1 aromatic rings. The summed E-state index contributed by atoms with van der Waals surface area (Å²) in [5.74, 6) is -0.139. The lowest BCUT2D eigenvalue weighted by Crippen LogP contribution is -2.34. The molecule has 0 saturated carbocycles. The molecule has 0 radical (unpaired) electrons. The molecule has 6 heteroatoms. The molecular weight excluding hydrogens is 256 g/mol. The van der Waals surface area contributed by atoms with Gasteiger partial charge < -0.3 is 10.2 Å². The van der Waals surface area contributed by atoms with Crippen LogP contribution in [0.25, 0.3) is 0 Å². The van der Waals surface area contributed by atoms with Crippen molar-refractivity contribution in [2.75, 3.05) is 19.6 Å².